The third-order valence-electron chi connectivity index (χ3n) is 3.32. The number of ether oxygens (including phenoxy) is 1. The van der Waals surface area contributed by atoms with Gasteiger partial charge in [0.05, 0.1) is 5.69 Å². The number of hydrogen-bond acceptors (Lipinski definition) is 2. The van der Waals surface area contributed by atoms with Crippen molar-refractivity contribution >= 4 is 11.6 Å². The molecule has 0 aliphatic carbocycles. The van der Waals surface area contributed by atoms with Crippen LogP contribution in [0.5, 0.6) is 5.75 Å². The van der Waals surface area contributed by atoms with Gasteiger partial charge in [-0.3, -0.25) is 4.79 Å². The highest BCUT2D eigenvalue weighted by Crippen LogP contribution is 2.28. The number of halogens is 1. The van der Waals surface area contributed by atoms with E-state index in [0.29, 0.717) is 6.42 Å². The van der Waals surface area contributed by atoms with E-state index in [4.69, 9.17) is 4.74 Å². The molecule has 3 nitrogen and oxygen atoms in total. The van der Waals surface area contributed by atoms with Crippen molar-refractivity contribution in [1.82, 2.24) is 0 Å². The minimum Gasteiger partial charge on any atom is -0.480 e. The van der Waals surface area contributed by atoms with Crippen LogP contribution >= 0.6 is 0 Å². The van der Waals surface area contributed by atoms with Gasteiger partial charge in [0.25, 0.3) is 5.91 Å². The van der Waals surface area contributed by atoms with E-state index in [1.54, 1.807) is 19.1 Å². The lowest BCUT2D eigenvalue weighted by Crippen LogP contribution is -2.31. The van der Waals surface area contributed by atoms with E-state index in [1.807, 2.05) is 24.3 Å². The number of amides is 1. The molecule has 1 amide bonds. The SMILES string of the molecule is Cc1ccc(NC(=O)[C@H]2Cc3ccccc3O2)c(F)c1. The lowest BCUT2D eigenvalue weighted by atomic mass is 10.1. The molecule has 0 spiro atoms. The first kappa shape index (κ1) is 12.7. The molecule has 3 rings (SSSR count). The maximum atomic E-state index is 13.7. The highest BCUT2D eigenvalue weighted by molar-refractivity contribution is 5.95. The van der Waals surface area contributed by atoms with Gasteiger partial charge in [0.2, 0.25) is 0 Å². The predicted octanol–water partition coefficient (Wildman–Crippen LogP) is 3.08. The van der Waals surface area contributed by atoms with Crippen molar-refractivity contribution in [2.45, 2.75) is 19.4 Å². The summed E-state index contributed by atoms with van der Waals surface area (Å²) in [4.78, 5) is 12.1. The standard InChI is InChI=1S/C16H14FNO2/c1-10-6-7-13(12(17)8-10)18-16(19)15-9-11-4-2-3-5-14(11)20-15/h2-8,15H,9H2,1H3,(H,18,19)/t15-/m1/s1. The van der Waals surface area contributed by atoms with Crippen LogP contribution in [-0.4, -0.2) is 12.0 Å². The molecule has 2 aromatic rings. The van der Waals surface area contributed by atoms with Gasteiger partial charge in [0.1, 0.15) is 11.6 Å². The number of carbonyl (C=O) groups excluding carboxylic acids is 1. The molecule has 0 saturated carbocycles. The predicted molar refractivity (Wildman–Crippen MR) is 74.3 cm³/mol. The maximum absolute atomic E-state index is 13.7. The Bertz CT molecular complexity index is 644. The van der Waals surface area contributed by atoms with Crippen LogP contribution in [0.1, 0.15) is 11.1 Å². The molecule has 4 heteroatoms. The Hall–Kier alpha value is -2.36. The molecule has 0 aromatic heterocycles. The number of benzene rings is 2. The van der Waals surface area contributed by atoms with E-state index in [1.165, 1.54) is 6.07 Å². The maximum Gasteiger partial charge on any atom is 0.265 e. The summed E-state index contributed by atoms with van der Waals surface area (Å²) in [5.74, 6) is -0.0464. The van der Waals surface area contributed by atoms with Gasteiger partial charge in [-0.15, -0.1) is 0 Å². The van der Waals surface area contributed by atoms with Crippen LogP contribution in [0.4, 0.5) is 10.1 Å². The van der Waals surface area contributed by atoms with Crippen LogP contribution < -0.4 is 10.1 Å². The van der Waals surface area contributed by atoms with Crippen molar-refractivity contribution in [3.63, 3.8) is 0 Å². The summed E-state index contributed by atoms with van der Waals surface area (Å²) in [5, 5.41) is 2.58. The Morgan fingerprint density at radius 3 is 2.85 bits per heavy atom. The second kappa shape index (κ2) is 4.96. The number of nitrogens with one attached hydrogen (secondary N) is 1. The van der Waals surface area contributed by atoms with Crippen molar-refractivity contribution in [3.8, 4) is 5.75 Å². The molecular formula is C16H14FNO2. The largest absolute Gasteiger partial charge is 0.480 e. The van der Waals surface area contributed by atoms with Crippen LogP contribution in [0.15, 0.2) is 42.5 Å². The molecule has 0 fully saturated rings. The molecule has 1 heterocycles. The topological polar surface area (TPSA) is 38.3 Å². The van der Waals surface area contributed by atoms with E-state index in [2.05, 4.69) is 5.32 Å². The van der Waals surface area contributed by atoms with Gasteiger partial charge in [-0.2, -0.15) is 0 Å². The number of hydrogen-bond donors (Lipinski definition) is 1. The van der Waals surface area contributed by atoms with Gasteiger partial charge in [0, 0.05) is 6.42 Å². The molecule has 0 bridgehead atoms. The zero-order valence-corrected chi connectivity index (χ0v) is 11.0. The van der Waals surface area contributed by atoms with E-state index >= 15 is 0 Å². The van der Waals surface area contributed by atoms with Crippen molar-refractivity contribution < 1.29 is 13.9 Å². The number of anilines is 1. The van der Waals surface area contributed by atoms with Crippen LogP contribution in [0, 0.1) is 12.7 Å². The Balaban J connectivity index is 1.72. The first-order valence-electron chi connectivity index (χ1n) is 6.45. The number of rotatable bonds is 2. The van der Waals surface area contributed by atoms with E-state index in [0.717, 1.165) is 16.9 Å². The molecule has 102 valence electrons. The number of para-hydroxylation sites is 1. The normalized spacial score (nSPS) is 16.4. The fraction of sp³-hybridized carbons (Fsp3) is 0.188. The Kier molecular flexibility index (Phi) is 3.14. The van der Waals surface area contributed by atoms with Crippen LogP contribution in [0.25, 0.3) is 0 Å². The molecule has 1 atom stereocenters. The average molecular weight is 271 g/mol. The average Bonchev–Trinajstić information content (AvgIpc) is 2.86. The van der Waals surface area contributed by atoms with Crippen molar-refractivity contribution in [1.29, 1.82) is 0 Å². The Morgan fingerprint density at radius 2 is 2.10 bits per heavy atom. The summed E-state index contributed by atoms with van der Waals surface area (Å²) in [6.45, 7) is 1.80. The molecule has 20 heavy (non-hydrogen) atoms. The highest BCUT2D eigenvalue weighted by Gasteiger charge is 2.29. The molecule has 1 N–H and O–H groups in total. The van der Waals surface area contributed by atoms with E-state index in [9.17, 15) is 9.18 Å². The van der Waals surface area contributed by atoms with Gasteiger partial charge in [0.15, 0.2) is 6.10 Å². The minimum atomic E-state index is -0.604. The molecule has 0 saturated heterocycles. The van der Waals surface area contributed by atoms with Crippen molar-refractivity contribution in [2.24, 2.45) is 0 Å². The zero-order chi connectivity index (χ0) is 14.1. The highest BCUT2D eigenvalue weighted by atomic mass is 19.1. The molecular weight excluding hydrogens is 257 g/mol. The van der Waals surface area contributed by atoms with Gasteiger partial charge >= 0.3 is 0 Å². The smallest absolute Gasteiger partial charge is 0.265 e. The number of aryl methyl sites for hydroxylation is 1. The summed E-state index contributed by atoms with van der Waals surface area (Å²) >= 11 is 0. The third-order valence-corrected chi connectivity index (χ3v) is 3.32. The monoisotopic (exact) mass is 271 g/mol. The number of fused-ring (bicyclic) bond motifs is 1. The fourth-order valence-corrected chi connectivity index (χ4v) is 2.26. The molecule has 0 unspecified atom stereocenters. The Morgan fingerprint density at radius 1 is 1.30 bits per heavy atom. The molecule has 1 aliphatic heterocycles. The van der Waals surface area contributed by atoms with E-state index in [-0.39, 0.29) is 11.6 Å². The van der Waals surface area contributed by atoms with Gasteiger partial charge in [-0.05, 0) is 36.2 Å². The first-order valence-corrected chi connectivity index (χ1v) is 6.45. The summed E-state index contributed by atoms with van der Waals surface area (Å²) in [5.41, 5.74) is 1.99. The van der Waals surface area contributed by atoms with Gasteiger partial charge in [-0.25, -0.2) is 4.39 Å². The third kappa shape index (κ3) is 2.37. The second-order valence-electron chi connectivity index (χ2n) is 4.89. The first-order chi connectivity index (χ1) is 9.63. The lowest BCUT2D eigenvalue weighted by molar-refractivity contribution is -0.122. The van der Waals surface area contributed by atoms with Crippen molar-refractivity contribution in [2.75, 3.05) is 5.32 Å². The fourth-order valence-electron chi connectivity index (χ4n) is 2.26. The van der Waals surface area contributed by atoms with E-state index < -0.39 is 11.9 Å². The van der Waals surface area contributed by atoms with Gasteiger partial charge in [-0.1, -0.05) is 24.3 Å². The Labute approximate surface area is 116 Å². The lowest BCUT2D eigenvalue weighted by Gasteiger charge is -2.12. The quantitative estimate of drug-likeness (QED) is 0.911. The van der Waals surface area contributed by atoms with Crippen LogP contribution in [0.3, 0.4) is 0 Å². The number of carbonyl (C=O) groups is 1. The van der Waals surface area contributed by atoms with Crippen molar-refractivity contribution in [3.05, 3.63) is 59.4 Å². The summed E-state index contributed by atoms with van der Waals surface area (Å²) in [7, 11) is 0. The summed E-state index contributed by atoms with van der Waals surface area (Å²) in [6.07, 6.45) is -0.0942. The van der Waals surface area contributed by atoms with Gasteiger partial charge < -0.3 is 10.1 Å². The summed E-state index contributed by atoms with van der Waals surface area (Å²) < 4.78 is 19.3. The minimum absolute atomic E-state index is 0.181. The second-order valence-corrected chi connectivity index (χ2v) is 4.89. The molecule has 0 radical (unpaired) electrons. The van der Waals surface area contributed by atoms with Crippen LogP contribution in [-0.2, 0) is 11.2 Å². The molecule has 2 aromatic carbocycles. The zero-order valence-electron chi connectivity index (χ0n) is 11.0. The summed E-state index contributed by atoms with van der Waals surface area (Å²) in [6, 6.07) is 12.2. The van der Waals surface area contributed by atoms with Crippen LogP contribution in [0.2, 0.25) is 0 Å². The molecule has 1 aliphatic rings.